The van der Waals surface area contributed by atoms with Gasteiger partial charge in [0.2, 0.25) is 0 Å². The van der Waals surface area contributed by atoms with E-state index in [4.69, 9.17) is 19.6 Å². The summed E-state index contributed by atoms with van der Waals surface area (Å²) in [6.07, 6.45) is -0.0263. The van der Waals surface area contributed by atoms with Gasteiger partial charge in [-0.2, -0.15) is 9.78 Å². The van der Waals surface area contributed by atoms with Crippen LogP contribution in [0.1, 0.15) is 54.9 Å². The van der Waals surface area contributed by atoms with Gasteiger partial charge in [-0.25, -0.2) is 9.78 Å². The summed E-state index contributed by atoms with van der Waals surface area (Å²) in [7, 11) is 0. The molecule has 18 heavy (non-hydrogen) atoms. The second kappa shape index (κ2) is 5.97. The second-order valence-electron chi connectivity index (χ2n) is 5.95. The second-order valence-corrected chi connectivity index (χ2v) is 5.95. The van der Waals surface area contributed by atoms with E-state index >= 15 is 0 Å². The minimum absolute atomic E-state index is 0.0263. The summed E-state index contributed by atoms with van der Waals surface area (Å²) < 4.78 is 0. The van der Waals surface area contributed by atoms with Crippen LogP contribution in [0.15, 0.2) is 0 Å². The van der Waals surface area contributed by atoms with E-state index in [-0.39, 0.29) is 6.42 Å². The molecule has 0 unspecified atom stereocenters. The predicted molar refractivity (Wildman–Crippen MR) is 61.9 cm³/mol. The maximum atomic E-state index is 11.2. The van der Waals surface area contributed by atoms with Gasteiger partial charge in [0, 0.05) is 6.42 Å². The van der Waals surface area contributed by atoms with Gasteiger partial charge in [-0.05, 0) is 41.5 Å². The van der Waals surface area contributed by atoms with Gasteiger partial charge < -0.3 is 9.90 Å². The maximum Gasteiger partial charge on any atom is 0.272 e. The average Bonchev–Trinajstić information content (AvgIpc) is 2.15. The molecule has 6 heteroatoms. The normalized spacial score (nSPS) is 13.7. The molecule has 0 spiro atoms. The first-order valence-electron chi connectivity index (χ1n) is 5.87. The Kier molecular flexibility index (Phi) is 5.74. The Balaban J connectivity index is 4.78. The number of carboxylic acid groups (broad SMARTS) is 1. The molecule has 0 atom stereocenters. The van der Waals surface area contributed by atoms with Crippen molar-refractivity contribution in [2.75, 3.05) is 0 Å². The Morgan fingerprint density at radius 1 is 0.889 bits per heavy atom. The van der Waals surface area contributed by atoms with Gasteiger partial charge in [-0.1, -0.05) is 6.92 Å². The van der Waals surface area contributed by atoms with Crippen LogP contribution in [0.3, 0.4) is 0 Å². The van der Waals surface area contributed by atoms with E-state index in [2.05, 4.69) is 0 Å². The fourth-order valence-corrected chi connectivity index (χ4v) is 0.729. The van der Waals surface area contributed by atoms with Gasteiger partial charge in [0.15, 0.2) is 0 Å². The molecule has 0 radical (unpaired) electrons. The smallest absolute Gasteiger partial charge is 0.272 e. The highest BCUT2D eigenvalue weighted by Gasteiger charge is 2.38. The van der Waals surface area contributed by atoms with Crippen LogP contribution >= 0.6 is 0 Å². The van der Waals surface area contributed by atoms with Crippen molar-refractivity contribution in [3.63, 3.8) is 0 Å². The van der Waals surface area contributed by atoms with Crippen LogP contribution < -0.4 is 5.11 Å². The highest BCUT2D eigenvalue weighted by atomic mass is 17.3. The van der Waals surface area contributed by atoms with Crippen LogP contribution in [0.5, 0.6) is 0 Å². The van der Waals surface area contributed by atoms with E-state index in [0.29, 0.717) is 0 Å². The lowest BCUT2D eigenvalue weighted by Gasteiger charge is -2.34. The topological polar surface area (TPSA) is 77.0 Å². The Morgan fingerprint density at radius 3 is 1.39 bits per heavy atom. The first kappa shape index (κ1) is 17.3. The van der Waals surface area contributed by atoms with Crippen LogP contribution in [0, 0.1) is 0 Å². The lowest BCUT2D eigenvalue weighted by atomic mass is 10.2. The van der Waals surface area contributed by atoms with Crippen molar-refractivity contribution in [2.24, 2.45) is 0 Å². The lowest BCUT2D eigenvalue weighted by molar-refractivity contribution is -0.541. The van der Waals surface area contributed by atoms with Gasteiger partial charge in [-0.15, -0.1) is 0 Å². The molecule has 0 rings (SSSR count). The third kappa shape index (κ3) is 6.30. The Morgan fingerprint density at radius 2 is 1.22 bits per heavy atom. The number of hydrogen-bond donors (Lipinski definition) is 0. The molecule has 0 fully saturated rings. The van der Waals surface area contributed by atoms with Crippen molar-refractivity contribution in [3.05, 3.63) is 0 Å². The molecule has 0 aliphatic rings. The molecular weight excluding hydrogens is 240 g/mol. The van der Waals surface area contributed by atoms with Gasteiger partial charge in [0.25, 0.3) is 5.79 Å². The van der Waals surface area contributed by atoms with E-state index in [1.54, 1.807) is 48.5 Å². The van der Waals surface area contributed by atoms with Crippen molar-refractivity contribution in [1.82, 2.24) is 0 Å². The lowest BCUT2D eigenvalue weighted by Crippen LogP contribution is -2.53. The molecule has 0 aromatic heterocycles. The molecule has 0 heterocycles. The third-order valence-electron chi connectivity index (χ3n) is 1.63. The fraction of sp³-hybridized carbons (Fsp3) is 0.917. The molecule has 0 amide bonds. The minimum atomic E-state index is -2.08. The Hall–Kier alpha value is -0.690. The van der Waals surface area contributed by atoms with Gasteiger partial charge in [0.1, 0.15) is 5.97 Å². The molecule has 0 aromatic carbocycles. The van der Waals surface area contributed by atoms with Crippen molar-refractivity contribution < 1.29 is 29.5 Å². The first-order valence-corrected chi connectivity index (χ1v) is 5.87. The highest BCUT2D eigenvalue weighted by Crippen LogP contribution is 2.24. The van der Waals surface area contributed by atoms with Crippen molar-refractivity contribution >= 4 is 5.97 Å². The molecule has 0 N–H and O–H groups in total. The van der Waals surface area contributed by atoms with E-state index in [9.17, 15) is 9.90 Å². The Bertz CT molecular complexity index is 255. The van der Waals surface area contributed by atoms with Crippen molar-refractivity contribution in [2.45, 2.75) is 71.9 Å². The number of carbonyl (C=O) groups excluding carboxylic acids is 1. The maximum absolute atomic E-state index is 11.2. The molecule has 0 aliphatic carbocycles. The summed E-state index contributed by atoms with van der Waals surface area (Å²) in [4.78, 5) is 30.9. The molecule has 0 saturated heterocycles. The Labute approximate surface area is 108 Å². The van der Waals surface area contributed by atoms with E-state index in [0.717, 1.165) is 0 Å². The molecular formula is C12H23O6-. The number of carbonyl (C=O) groups is 1. The predicted octanol–water partition coefficient (Wildman–Crippen LogP) is 1.34. The molecule has 6 nitrogen and oxygen atoms in total. The molecule has 0 bridgehead atoms. The van der Waals surface area contributed by atoms with E-state index in [1.165, 1.54) is 0 Å². The fourth-order valence-electron chi connectivity index (χ4n) is 0.729. The third-order valence-corrected chi connectivity index (χ3v) is 1.63. The zero-order valence-electron chi connectivity index (χ0n) is 12.2. The van der Waals surface area contributed by atoms with Crippen LogP contribution in [-0.2, 0) is 24.3 Å². The molecule has 0 aliphatic heterocycles. The number of rotatable bonds is 6. The number of aliphatic carboxylic acids is 1. The molecule has 0 saturated carbocycles. The quantitative estimate of drug-likeness (QED) is 0.409. The van der Waals surface area contributed by atoms with Crippen LogP contribution in [-0.4, -0.2) is 23.0 Å². The van der Waals surface area contributed by atoms with E-state index < -0.39 is 23.0 Å². The van der Waals surface area contributed by atoms with Gasteiger partial charge in [0.05, 0.1) is 11.2 Å². The summed E-state index contributed by atoms with van der Waals surface area (Å²) in [5.74, 6) is -3.64. The van der Waals surface area contributed by atoms with Crippen LogP contribution in [0.2, 0.25) is 0 Å². The summed E-state index contributed by atoms with van der Waals surface area (Å²) in [5.41, 5.74) is -1.36. The van der Waals surface area contributed by atoms with E-state index in [1.807, 2.05) is 0 Å². The van der Waals surface area contributed by atoms with Gasteiger partial charge in [-0.3, -0.25) is 0 Å². The average molecular weight is 263 g/mol. The standard InChI is InChI=1S/C12H24O6/c1-8-12(9(13)14,17-15-10(2,3)4)18-16-11(5,6)7/h8H2,1-7H3,(H,13,14)/p-1. The zero-order valence-corrected chi connectivity index (χ0v) is 12.2. The van der Waals surface area contributed by atoms with Crippen molar-refractivity contribution in [3.8, 4) is 0 Å². The zero-order chi connectivity index (χ0) is 14.6. The van der Waals surface area contributed by atoms with Gasteiger partial charge >= 0.3 is 0 Å². The summed E-state index contributed by atoms with van der Waals surface area (Å²) in [6.45, 7) is 11.9. The molecule has 0 aromatic rings. The highest BCUT2D eigenvalue weighted by molar-refractivity contribution is 5.73. The van der Waals surface area contributed by atoms with Crippen LogP contribution in [0.25, 0.3) is 0 Å². The monoisotopic (exact) mass is 263 g/mol. The summed E-state index contributed by atoms with van der Waals surface area (Å²) in [5, 5.41) is 11.2. The summed E-state index contributed by atoms with van der Waals surface area (Å²) >= 11 is 0. The molecule has 108 valence electrons. The van der Waals surface area contributed by atoms with Crippen molar-refractivity contribution in [1.29, 1.82) is 0 Å². The number of carboxylic acids is 1. The SMILES string of the molecule is CCC(OOC(C)(C)C)(OOC(C)(C)C)C(=O)[O-]. The first-order chi connectivity index (χ1) is 7.92. The number of hydrogen-bond acceptors (Lipinski definition) is 6. The minimum Gasteiger partial charge on any atom is -0.544 e. The van der Waals surface area contributed by atoms with Crippen LogP contribution in [0.4, 0.5) is 0 Å². The largest absolute Gasteiger partial charge is 0.544 e. The summed E-state index contributed by atoms with van der Waals surface area (Å²) in [6, 6.07) is 0.